The van der Waals surface area contributed by atoms with Crippen LogP contribution in [0.4, 0.5) is 4.79 Å². The number of urea groups is 1. The highest BCUT2D eigenvalue weighted by Crippen LogP contribution is 2.27. The highest BCUT2D eigenvalue weighted by Gasteiger charge is 2.16. The fourth-order valence-corrected chi connectivity index (χ4v) is 3.55. The molecule has 1 heterocycles. The molecule has 0 saturated carbocycles. The lowest BCUT2D eigenvalue weighted by atomic mass is 10.1. The van der Waals surface area contributed by atoms with E-state index in [0.29, 0.717) is 24.6 Å². The van der Waals surface area contributed by atoms with Crippen molar-refractivity contribution in [3.63, 3.8) is 0 Å². The van der Waals surface area contributed by atoms with Gasteiger partial charge < -0.3 is 25.0 Å². The van der Waals surface area contributed by atoms with Crippen LogP contribution in [-0.2, 0) is 6.42 Å². The first-order valence-corrected chi connectivity index (χ1v) is 9.35. The van der Waals surface area contributed by atoms with Crippen molar-refractivity contribution in [2.75, 3.05) is 41.4 Å². The van der Waals surface area contributed by atoms with Crippen molar-refractivity contribution in [3.8, 4) is 11.5 Å². The summed E-state index contributed by atoms with van der Waals surface area (Å²) in [6.07, 6.45) is 0.718. The third-order valence-electron chi connectivity index (χ3n) is 4.10. The fourth-order valence-electron chi connectivity index (χ4n) is 2.63. The number of benzene rings is 1. The molecule has 7 heteroatoms. The predicted molar refractivity (Wildman–Crippen MR) is 105 cm³/mol. The number of thiophene rings is 1. The zero-order valence-electron chi connectivity index (χ0n) is 15.7. The number of methoxy groups -OCH3 is 2. The molecule has 0 fully saturated rings. The summed E-state index contributed by atoms with van der Waals surface area (Å²) in [4.78, 5) is 15.4. The Kier molecular flexibility index (Phi) is 7.74. The second-order valence-corrected chi connectivity index (χ2v) is 7.05. The van der Waals surface area contributed by atoms with Crippen LogP contribution in [0.5, 0.6) is 11.5 Å². The van der Waals surface area contributed by atoms with Gasteiger partial charge in [-0.1, -0.05) is 12.1 Å². The number of nitrogens with one attached hydrogen (secondary N) is 2. The molecule has 2 rings (SSSR count). The van der Waals surface area contributed by atoms with Gasteiger partial charge in [-0.2, -0.15) is 0 Å². The highest BCUT2D eigenvalue weighted by atomic mass is 32.1. The normalized spacial score (nSPS) is 11.9. The molecule has 0 aliphatic carbocycles. The molecule has 1 aromatic carbocycles. The molecule has 142 valence electrons. The van der Waals surface area contributed by atoms with Gasteiger partial charge in [0.1, 0.15) is 0 Å². The van der Waals surface area contributed by atoms with Crippen LogP contribution in [0.2, 0.25) is 0 Å². The van der Waals surface area contributed by atoms with Gasteiger partial charge in [-0.15, -0.1) is 11.3 Å². The second-order valence-electron chi connectivity index (χ2n) is 6.07. The van der Waals surface area contributed by atoms with Crippen molar-refractivity contribution < 1.29 is 14.3 Å². The standard InChI is InChI=1S/C19H27N3O3S/c1-22(2)15(18-6-5-11-26-18)13-21-19(23)20-10-9-14-7-8-16(24-3)17(12-14)25-4/h5-8,11-12,15H,9-10,13H2,1-4H3,(H2,20,21,23). The molecule has 0 aliphatic heterocycles. The molecule has 2 aromatic rings. The summed E-state index contributed by atoms with van der Waals surface area (Å²) in [6, 6.07) is 9.90. The van der Waals surface area contributed by atoms with Crippen molar-refractivity contribution in [3.05, 3.63) is 46.2 Å². The summed E-state index contributed by atoms with van der Waals surface area (Å²) >= 11 is 1.70. The third kappa shape index (κ3) is 5.64. The molecule has 2 amide bonds. The Morgan fingerprint density at radius 1 is 1.15 bits per heavy atom. The Labute approximate surface area is 159 Å². The average molecular weight is 378 g/mol. The van der Waals surface area contributed by atoms with E-state index in [1.165, 1.54) is 4.88 Å². The molecule has 0 bridgehead atoms. The molecular weight excluding hydrogens is 350 g/mol. The third-order valence-corrected chi connectivity index (χ3v) is 5.07. The van der Waals surface area contributed by atoms with Gasteiger partial charge in [-0.05, 0) is 49.7 Å². The quantitative estimate of drug-likeness (QED) is 0.705. The Morgan fingerprint density at radius 3 is 2.54 bits per heavy atom. The molecule has 2 N–H and O–H groups in total. The van der Waals surface area contributed by atoms with E-state index in [2.05, 4.69) is 27.0 Å². The molecule has 1 aromatic heterocycles. The van der Waals surface area contributed by atoms with Gasteiger partial charge >= 0.3 is 6.03 Å². The maximum atomic E-state index is 12.1. The summed E-state index contributed by atoms with van der Waals surface area (Å²) in [5.74, 6) is 1.39. The summed E-state index contributed by atoms with van der Waals surface area (Å²) in [6.45, 7) is 1.11. The number of ether oxygens (including phenoxy) is 2. The van der Waals surface area contributed by atoms with Gasteiger partial charge in [0.2, 0.25) is 0 Å². The van der Waals surface area contributed by atoms with Crippen molar-refractivity contribution >= 4 is 17.4 Å². The van der Waals surface area contributed by atoms with Crippen LogP contribution in [0.1, 0.15) is 16.5 Å². The van der Waals surface area contributed by atoms with Crippen LogP contribution in [0.15, 0.2) is 35.7 Å². The van der Waals surface area contributed by atoms with Crippen LogP contribution < -0.4 is 20.1 Å². The molecule has 1 unspecified atom stereocenters. The first kappa shape index (κ1) is 20.1. The fraction of sp³-hybridized carbons (Fsp3) is 0.421. The van der Waals surface area contributed by atoms with E-state index in [1.807, 2.05) is 38.4 Å². The number of carbonyl (C=O) groups excluding carboxylic acids is 1. The highest BCUT2D eigenvalue weighted by molar-refractivity contribution is 7.10. The largest absolute Gasteiger partial charge is 0.493 e. The van der Waals surface area contributed by atoms with Crippen molar-refractivity contribution in [2.24, 2.45) is 0 Å². The second kappa shape index (κ2) is 10.0. The molecule has 26 heavy (non-hydrogen) atoms. The Morgan fingerprint density at radius 2 is 1.92 bits per heavy atom. The average Bonchev–Trinajstić information content (AvgIpc) is 3.15. The Bertz CT molecular complexity index is 689. The smallest absolute Gasteiger partial charge is 0.314 e. The Hall–Kier alpha value is -2.25. The van der Waals surface area contributed by atoms with E-state index in [4.69, 9.17) is 9.47 Å². The maximum Gasteiger partial charge on any atom is 0.314 e. The zero-order valence-corrected chi connectivity index (χ0v) is 16.6. The molecule has 6 nitrogen and oxygen atoms in total. The van der Waals surface area contributed by atoms with Crippen LogP contribution in [0.3, 0.4) is 0 Å². The van der Waals surface area contributed by atoms with Gasteiger partial charge in [-0.3, -0.25) is 0 Å². The van der Waals surface area contributed by atoms with Gasteiger partial charge in [0.25, 0.3) is 0 Å². The van der Waals surface area contributed by atoms with Crippen molar-refractivity contribution in [2.45, 2.75) is 12.5 Å². The number of amides is 2. The summed E-state index contributed by atoms with van der Waals surface area (Å²) in [5, 5.41) is 7.90. The first-order chi connectivity index (χ1) is 12.5. The van der Waals surface area contributed by atoms with Crippen LogP contribution in [0.25, 0.3) is 0 Å². The molecule has 0 spiro atoms. The van der Waals surface area contributed by atoms with Gasteiger partial charge in [-0.25, -0.2) is 4.79 Å². The van der Waals surface area contributed by atoms with Crippen LogP contribution >= 0.6 is 11.3 Å². The van der Waals surface area contributed by atoms with E-state index < -0.39 is 0 Å². The lowest BCUT2D eigenvalue weighted by molar-refractivity contribution is 0.233. The molecular formula is C19H27N3O3S. The van der Waals surface area contributed by atoms with E-state index in [9.17, 15) is 4.79 Å². The topological polar surface area (TPSA) is 62.8 Å². The molecule has 0 radical (unpaired) electrons. The lowest BCUT2D eigenvalue weighted by Crippen LogP contribution is -2.41. The first-order valence-electron chi connectivity index (χ1n) is 8.47. The number of nitrogens with zero attached hydrogens (tertiary/aromatic N) is 1. The van der Waals surface area contributed by atoms with Gasteiger partial charge in [0.05, 0.1) is 20.3 Å². The maximum absolute atomic E-state index is 12.1. The van der Waals surface area contributed by atoms with E-state index in [1.54, 1.807) is 25.6 Å². The summed E-state index contributed by atoms with van der Waals surface area (Å²) in [7, 11) is 7.25. The van der Waals surface area contributed by atoms with E-state index in [-0.39, 0.29) is 12.1 Å². The lowest BCUT2D eigenvalue weighted by Gasteiger charge is -2.23. The number of likely N-dealkylation sites (N-methyl/N-ethyl adjacent to an activating group) is 1. The SMILES string of the molecule is COc1ccc(CCNC(=O)NCC(c2cccs2)N(C)C)cc1OC. The Balaban J connectivity index is 1.78. The van der Waals surface area contributed by atoms with E-state index in [0.717, 1.165) is 12.0 Å². The molecule has 0 aliphatic rings. The molecule has 1 atom stereocenters. The monoisotopic (exact) mass is 377 g/mol. The van der Waals surface area contributed by atoms with Crippen molar-refractivity contribution in [1.82, 2.24) is 15.5 Å². The predicted octanol–water partition coefficient (Wildman–Crippen LogP) is 2.91. The van der Waals surface area contributed by atoms with Crippen LogP contribution in [0, 0.1) is 0 Å². The zero-order chi connectivity index (χ0) is 18.9. The summed E-state index contributed by atoms with van der Waals surface area (Å²) in [5.41, 5.74) is 1.08. The van der Waals surface area contributed by atoms with E-state index >= 15 is 0 Å². The molecule has 0 saturated heterocycles. The number of carbonyl (C=O) groups is 1. The van der Waals surface area contributed by atoms with Gasteiger partial charge in [0.15, 0.2) is 11.5 Å². The van der Waals surface area contributed by atoms with Crippen LogP contribution in [-0.4, -0.2) is 52.3 Å². The number of rotatable bonds is 9. The minimum Gasteiger partial charge on any atom is -0.493 e. The summed E-state index contributed by atoms with van der Waals surface area (Å²) < 4.78 is 10.5. The number of hydrogen-bond acceptors (Lipinski definition) is 5. The van der Waals surface area contributed by atoms with Crippen molar-refractivity contribution in [1.29, 1.82) is 0 Å². The number of hydrogen-bond donors (Lipinski definition) is 2. The minimum atomic E-state index is -0.158. The van der Waals surface area contributed by atoms with Gasteiger partial charge in [0, 0.05) is 18.0 Å². The minimum absolute atomic E-state index is 0.158.